The molecule has 2 aromatic carbocycles. The molecule has 0 radical (unpaired) electrons. The maximum Gasteiger partial charge on any atom is 0.227 e. The first-order valence-electron chi connectivity index (χ1n) is 8.95. The number of carbonyl (C=O) groups is 1. The molecule has 1 amide bonds. The third-order valence-corrected chi connectivity index (χ3v) is 5.28. The lowest BCUT2D eigenvalue weighted by atomic mass is 10.1. The lowest BCUT2D eigenvalue weighted by molar-refractivity contribution is -0.131. The Bertz CT molecular complexity index is 970. The van der Waals surface area contributed by atoms with Gasteiger partial charge in [-0.25, -0.2) is 0 Å². The summed E-state index contributed by atoms with van der Waals surface area (Å²) in [5.74, 6) is 0.931. The highest BCUT2D eigenvalue weighted by atomic mass is 35.5. The van der Waals surface area contributed by atoms with Crippen molar-refractivity contribution in [1.82, 2.24) is 15.0 Å². The van der Waals surface area contributed by atoms with Crippen LogP contribution in [0.4, 0.5) is 0 Å². The number of hydrogen-bond acceptors (Lipinski definition) is 4. The maximum absolute atomic E-state index is 12.6. The van der Waals surface area contributed by atoms with E-state index in [9.17, 15) is 4.79 Å². The highest BCUT2D eigenvalue weighted by molar-refractivity contribution is 6.35. The Morgan fingerprint density at radius 2 is 1.89 bits per heavy atom. The molecule has 3 aromatic rings. The molecule has 146 valence electrons. The van der Waals surface area contributed by atoms with E-state index >= 15 is 0 Å². The van der Waals surface area contributed by atoms with Gasteiger partial charge in [-0.1, -0.05) is 64.3 Å². The zero-order chi connectivity index (χ0) is 20.3. The molecule has 0 aliphatic carbocycles. The van der Waals surface area contributed by atoms with Crippen LogP contribution in [0, 0.1) is 6.92 Å². The molecular formula is C21H21Cl2N3O2. The molecule has 28 heavy (non-hydrogen) atoms. The Morgan fingerprint density at radius 1 is 1.18 bits per heavy atom. The zero-order valence-corrected chi connectivity index (χ0v) is 17.5. The van der Waals surface area contributed by atoms with Gasteiger partial charge in [-0.15, -0.1) is 0 Å². The molecule has 0 fully saturated rings. The van der Waals surface area contributed by atoms with Crippen molar-refractivity contribution in [2.24, 2.45) is 0 Å². The van der Waals surface area contributed by atoms with E-state index in [0.717, 1.165) is 16.7 Å². The lowest BCUT2D eigenvalue weighted by Gasteiger charge is -2.26. The van der Waals surface area contributed by atoms with Crippen LogP contribution >= 0.6 is 23.2 Å². The first-order chi connectivity index (χ1) is 13.3. The summed E-state index contributed by atoms with van der Waals surface area (Å²) >= 11 is 12.2. The Labute approximate surface area is 174 Å². The minimum atomic E-state index is -0.178. The van der Waals surface area contributed by atoms with Crippen molar-refractivity contribution in [2.75, 3.05) is 7.05 Å². The average molecular weight is 418 g/mol. The minimum Gasteiger partial charge on any atom is -0.339 e. The van der Waals surface area contributed by atoms with Crippen LogP contribution in [0.3, 0.4) is 0 Å². The van der Waals surface area contributed by atoms with Gasteiger partial charge in [-0.2, -0.15) is 4.98 Å². The fraction of sp³-hybridized carbons (Fsp3) is 0.286. The molecular weight excluding hydrogens is 397 g/mol. The van der Waals surface area contributed by atoms with Crippen LogP contribution in [0.15, 0.2) is 47.0 Å². The highest BCUT2D eigenvalue weighted by Gasteiger charge is 2.20. The molecule has 1 aromatic heterocycles. The van der Waals surface area contributed by atoms with Gasteiger partial charge in [0.2, 0.25) is 17.6 Å². The van der Waals surface area contributed by atoms with Crippen molar-refractivity contribution >= 4 is 29.1 Å². The van der Waals surface area contributed by atoms with Crippen LogP contribution in [0.2, 0.25) is 10.0 Å². The molecule has 0 spiro atoms. The molecule has 1 heterocycles. The van der Waals surface area contributed by atoms with Gasteiger partial charge >= 0.3 is 0 Å². The standard InChI is InChI=1S/C21H21Cl2N3O2/c1-13-4-6-15(7-5-13)21-24-19(28-25-21)10-11-20(27)26(3)14(2)17-9-8-16(22)12-18(17)23/h4-9,12,14H,10-11H2,1-3H3. The molecule has 1 unspecified atom stereocenters. The van der Waals surface area contributed by atoms with E-state index < -0.39 is 0 Å². The molecule has 0 saturated heterocycles. The third kappa shape index (κ3) is 4.72. The third-order valence-electron chi connectivity index (χ3n) is 4.72. The smallest absolute Gasteiger partial charge is 0.227 e. The second-order valence-electron chi connectivity index (χ2n) is 6.72. The van der Waals surface area contributed by atoms with Crippen LogP contribution < -0.4 is 0 Å². The molecule has 7 heteroatoms. The second kappa shape index (κ2) is 8.76. The number of carbonyl (C=O) groups excluding carboxylic acids is 1. The summed E-state index contributed by atoms with van der Waals surface area (Å²) in [5, 5.41) is 5.11. The Kier molecular flexibility index (Phi) is 6.37. The highest BCUT2D eigenvalue weighted by Crippen LogP contribution is 2.29. The van der Waals surface area contributed by atoms with Crippen molar-refractivity contribution in [3.8, 4) is 11.4 Å². The largest absolute Gasteiger partial charge is 0.339 e. The number of nitrogens with zero attached hydrogens (tertiary/aromatic N) is 3. The number of rotatable bonds is 6. The number of halogens is 2. The molecule has 0 aliphatic heterocycles. The number of hydrogen-bond donors (Lipinski definition) is 0. The van der Waals surface area contributed by atoms with Gasteiger partial charge < -0.3 is 9.42 Å². The van der Waals surface area contributed by atoms with Crippen LogP contribution in [0.5, 0.6) is 0 Å². The molecule has 3 rings (SSSR count). The summed E-state index contributed by atoms with van der Waals surface area (Å²) in [5.41, 5.74) is 2.90. The Hall–Kier alpha value is -2.37. The summed E-state index contributed by atoms with van der Waals surface area (Å²) in [4.78, 5) is 18.6. The van der Waals surface area contributed by atoms with Gasteiger partial charge in [0.15, 0.2) is 0 Å². The fourth-order valence-electron chi connectivity index (χ4n) is 2.83. The first-order valence-corrected chi connectivity index (χ1v) is 9.71. The van der Waals surface area contributed by atoms with Crippen molar-refractivity contribution in [1.29, 1.82) is 0 Å². The summed E-state index contributed by atoms with van der Waals surface area (Å²) in [6, 6.07) is 13.0. The van der Waals surface area contributed by atoms with E-state index in [-0.39, 0.29) is 18.4 Å². The van der Waals surface area contributed by atoms with Crippen LogP contribution in [0.25, 0.3) is 11.4 Å². The van der Waals surface area contributed by atoms with Gasteiger partial charge in [0.1, 0.15) is 0 Å². The normalized spacial score (nSPS) is 12.0. The molecule has 0 N–H and O–H groups in total. The van der Waals surface area contributed by atoms with E-state index in [0.29, 0.717) is 28.2 Å². The fourth-order valence-corrected chi connectivity index (χ4v) is 3.40. The van der Waals surface area contributed by atoms with E-state index in [1.165, 1.54) is 0 Å². The van der Waals surface area contributed by atoms with Crippen molar-refractivity contribution in [2.45, 2.75) is 32.7 Å². The van der Waals surface area contributed by atoms with Crippen molar-refractivity contribution in [3.05, 3.63) is 69.5 Å². The molecule has 1 atom stereocenters. The van der Waals surface area contributed by atoms with Crippen LogP contribution in [-0.4, -0.2) is 28.0 Å². The van der Waals surface area contributed by atoms with E-state index in [1.807, 2.05) is 44.2 Å². The molecule has 0 aliphatic rings. The van der Waals surface area contributed by atoms with Crippen molar-refractivity contribution < 1.29 is 9.32 Å². The van der Waals surface area contributed by atoms with Gasteiger partial charge in [-0.3, -0.25) is 4.79 Å². The topological polar surface area (TPSA) is 59.2 Å². The maximum atomic E-state index is 12.6. The Balaban J connectivity index is 1.61. The van der Waals surface area contributed by atoms with Gasteiger partial charge in [0.25, 0.3) is 0 Å². The molecule has 5 nitrogen and oxygen atoms in total. The average Bonchev–Trinajstić information content (AvgIpc) is 3.14. The van der Waals surface area contributed by atoms with E-state index in [2.05, 4.69) is 10.1 Å². The summed E-state index contributed by atoms with van der Waals surface area (Å²) in [7, 11) is 1.75. The van der Waals surface area contributed by atoms with Crippen LogP contribution in [-0.2, 0) is 11.2 Å². The van der Waals surface area contributed by atoms with Gasteiger partial charge in [0, 0.05) is 35.5 Å². The van der Waals surface area contributed by atoms with Gasteiger partial charge in [-0.05, 0) is 31.5 Å². The summed E-state index contributed by atoms with van der Waals surface area (Å²) in [6.07, 6.45) is 0.644. The monoisotopic (exact) mass is 417 g/mol. The predicted octanol–water partition coefficient (Wildman–Crippen LogP) is 5.50. The zero-order valence-electron chi connectivity index (χ0n) is 15.9. The van der Waals surface area contributed by atoms with Crippen LogP contribution in [0.1, 0.15) is 36.4 Å². The minimum absolute atomic E-state index is 0.0337. The van der Waals surface area contributed by atoms with E-state index in [4.69, 9.17) is 27.7 Å². The predicted molar refractivity (Wildman–Crippen MR) is 110 cm³/mol. The van der Waals surface area contributed by atoms with Crippen molar-refractivity contribution in [3.63, 3.8) is 0 Å². The Morgan fingerprint density at radius 3 is 2.57 bits per heavy atom. The second-order valence-corrected chi connectivity index (χ2v) is 7.57. The van der Waals surface area contributed by atoms with Gasteiger partial charge in [0.05, 0.1) is 6.04 Å². The SMILES string of the molecule is Cc1ccc(-c2noc(CCC(=O)N(C)C(C)c3ccc(Cl)cc3Cl)n2)cc1. The summed E-state index contributed by atoms with van der Waals surface area (Å²) < 4.78 is 5.29. The molecule has 0 bridgehead atoms. The lowest BCUT2D eigenvalue weighted by Crippen LogP contribution is -2.30. The number of aryl methyl sites for hydroxylation is 2. The number of amides is 1. The summed E-state index contributed by atoms with van der Waals surface area (Å²) in [6.45, 7) is 3.95. The van der Waals surface area contributed by atoms with E-state index in [1.54, 1.807) is 24.1 Å². The quantitative estimate of drug-likeness (QED) is 0.530. The number of benzene rings is 2. The number of aromatic nitrogens is 2. The molecule has 0 saturated carbocycles. The first kappa shape index (κ1) is 20.4.